The van der Waals surface area contributed by atoms with Crippen LogP contribution in [0.4, 0.5) is 5.69 Å². The van der Waals surface area contributed by atoms with E-state index >= 15 is 0 Å². The number of Topliss-reactive ketones (excluding diaryl/α,β-unsaturated/α-hetero) is 1. The average molecular weight is 284 g/mol. The van der Waals surface area contributed by atoms with E-state index in [0.717, 1.165) is 6.08 Å². The van der Waals surface area contributed by atoms with Crippen LogP contribution in [0.2, 0.25) is 0 Å². The predicted octanol–water partition coefficient (Wildman–Crippen LogP) is 2.35. The van der Waals surface area contributed by atoms with E-state index in [0.29, 0.717) is 5.69 Å². The molecule has 0 amide bonds. The summed E-state index contributed by atoms with van der Waals surface area (Å²) in [6.45, 7) is 0. The maximum Gasteiger partial charge on any atom is 0.203 e. The van der Waals surface area contributed by atoms with Crippen molar-refractivity contribution in [3.05, 3.63) is 35.4 Å². The molecular weight excluding hydrogens is 277 g/mol. The molecule has 0 fully saturated rings. The minimum Gasteiger partial charge on any atom is -0.508 e. The van der Waals surface area contributed by atoms with Crippen LogP contribution in [0.15, 0.2) is 40.4 Å². The fourth-order valence-electron chi connectivity index (χ4n) is 1.41. The Kier molecular flexibility index (Phi) is 3.50. The van der Waals surface area contributed by atoms with Crippen molar-refractivity contribution in [3.8, 4) is 5.75 Å². The minimum atomic E-state index is -1.18. The van der Waals surface area contributed by atoms with Crippen molar-refractivity contribution < 1.29 is 14.7 Å². The van der Waals surface area contributed by atoms with Crippen LogP contribution in [0.3, 0.4) is 0 Å². The van der Waals surface area contributed by atoms with Gasteiger partial charge >= 0.3 is 0 Å². The fraction of sp³-hybridized carbons (Fsp3) is 0.0833. The number of carbonyl (C=O) groups is 2. The molecule has 0 heterocycles. The second-order valence-electron chi connectivity index (χ2n) is 3.60. The van der Waals surface area contributed by atoms with E-state index in [2.05, 4.69) is 4.99 Å². The monoisotopic (exact) mass is 283 g/mol. The molecule has 92 valence electrons. The van der Waals surface area contributed by atoms with Crippen LogP contribution >= 0.6 is 23.2 Å². The zero-order valence-corrected chi connectivity index (χ0v) is 10.4. The third-order valence-electron chi connectivity index (χ3n) is 2.32. The molecule has 18 heavy (non-hydrogen) atoms. The van der Waals surface area contributed by atoms with E-state index in [1.54, 1.807) is 0 Å². The lowest BCUT2D eigenvalue weighted by molar-refractivity contribution is -0.116. The van der Waals surface area contributed by atoms with Gasteiger partial charge in [-0.2, -0.15) is 0 Å². The molecule has 1 aromatic carbocycles. The maximum atomic E-state index is 11.7. The molecule has 0 aliphatic heterocycles. The Morgan fingerprint density at radius 2 is 1.78 bits per heavy atom. The summed E-state index contributed by atoms with van der Waals surface area (Å²) in [5.74, 6) is -0.960. The van der Waals surface area contributed by atoms with Gasteiger partial charge < -0.3 is 5.11 Å². The Balaban J connectivity index is 2.41. The van der Waals surface area contributed by atoms with Crippen molar-refractivity contribution in [2.24, 2.45) is 4.99 Å². The Morgan fingerprint density at radius 1 is 1.17 bits per heavy atom. The van der Waals surface area contributed by atoms with Crippen LogP contribution in [0.1, 0.15) is 0 Å². The van der Waals surface area contributed by atoms with Gasteiger partial charge in [0.05, 0.1) is 10.7 Å². The SMILES string of the molecule is O=C1C=C(Cl)C(=O)C(Cl)C1=Nc1ccc(O)cc1. The first-order valence-electron chi connectivity index (χ1n) is 4.96. The molecule has 6 heteroatoms. The van der Waals surface area contributed by atoms with Crippen molar-refractivity contribution >= 4 is 46.2 Å². The third kappa shape index (κ3) is 2.44. The molecule has 1 aliphatic rings. The van der Waals surface area contributed by atoms with Crippen molar-refractivity contribution in [2.75, 3.05) is 0 Å². The number of allylic oxidation sites excluding steroid dienone is 2. The van der Waals surface area contributed by atoms with E-state index in [9.17, 15) is 9.59 Å². The first-order chi connectivity index (χ1) is 8.49. The van der Waals surface area contributed by atoms with Crippen LogP contribution in [0, 0.1) is 0 Å². The predicted molar refractivity (Wildman–Crippen MR) is 68.8 cm³/mol. The summed E-state index contributed by atoms with van der Waals surface area (Å²) in [6, 6.07) is 5.84. The second-order valence-corrected chi connectivity index (χ2v) is 4.44. The number of aliphatic imine (C=N–C) groups is 1. The molecular formula is C12H7Cl2NO3. The van der Waals surface area contributed by atoms with E-state index in [4.69, 9.17) is 28.3 Å². The number of carbonyl (C=O) groups excluding carboxylic acids is 2. The lowest BCUT2D eigenvalue weighted by Gasteiger charge is -2.14. The number of hydrogen-bond acceptors (Lipinski definition) is 4. The first-order valence-corrected chi connectivity index (χ1v) is 5.78. The molecule has 0 radical (unpaired) electrons. The minimum absolute atomic E-state index is 0.0724. The van der Waals surface area contributed by atoms with Gasteiger partial charge in [-0.15, -0.1) is 11.6 Å². The number of benzene rings is 1. The summed E-state index contributed by atoms with van der Waals surface area (Å²) in [4.78, 5) is 27.2. The molecule has 0 saturated heterocycles. The summed E-state index contributed by atoms with van der Waals surface area (Å²) in [5, 5.41) is 7.75. The van der Waals surface area contributed by atoms with Gasteiger partial charge in [-0.05, 0) is 24.3 Å². The standard InChI is InChI=1S/C12H7Cl2NO3/c13-8-5-9(17)11(10(14)12(8)18)15-6-1-3-7(16)4-2-6/h1-5,10,16H. The Labute approximate surface area is 113 Å². The smallest absolute Gasteiger partial charge is 0.203 e. The summed E-state index contributed by atoms with van der Waals surface area (Å²) in [5.41, 5.74) is 0.345. The Bertz CT molecular complexity index is 575. The van der Waals surface area contributed by atoms with Gasteiger partial charge in [0.2, 0.25) is 5.78 Å². The van der Waals surface area contributed by atoms with Crippen LogP contribution in [-0.2, 0) is 9.59 Å². The molecule has 1 aromatic rings. The fourth-order valence-corrected chi connectivity index (χ4v) is 1.95. The number of ketones is 2. The van der Waals surface area contributed by atoms with Crippen molar-refractivity contribution in [1.82, 2.24) is 0 Å². The summed E-state index contributed by atoms with van der Waals surface area (Å²) in [7, 11) is 0. The van der Waals surface area contributed by atoms with E-state index in [-0.39, 0.29) is 16.5 Å². The zero-order valence-electron chi connectivity index (χ0n) is 8.93. The number of phenols is 1. The van der Waals surface area contributed by atoms with Gasteiger partial charge in [0.1, 0.15) is 16.8 Å². The molecule has 0 saturated carbocycles. The van der Waals surface area contributed by atoms with Crippen LogP contribution in [0.5, 0.6) is 5.75 Å². The molecule has 1 aliphatic carbocycles. The first kappa shape index (κ1) is 12.8. The van der Waals surface area contributed by atoms with E-state index in [1.165, 1.54) is 24.3 Å². The topological polar surface area (TPSA) is 66.7 Å². The van der Waals surface area contributed by atoms with Gasteiger partial charge in [0, 0.05) is 6.08 Å². The van der Waals surface area contributed by atoms with Gasteiger partial charge in [-0.1, -0.05) is 11.6 Å². The number of nitrogens with zero attached hydrogens (tertiary/aromatic N) is 1. The van der Waals surface area contributed by atoms with Gasteiger partial charge in [-0.3, -0.25) is 9.59 Å². The molecule has 1 unspecified atom stereocenters. The summed E-state index contributed by atoms with van der Waals surface area (Å²) < 4.78 is 0. The van der Waals surface area contributed by atoms with Crippen LogP contribution in [0.25, 0.3) is 0 Å². The van der Waals surface area contributed by atoms with E-state index < -0.39 is 16.9 Å². The summed E-state index contributed by atoms with van der Waals surface area (Å²) >= 11 is 11.4. The highest BCUT2D eigenvalue weighted by Crippen LogP contribution is 2.23. The lowest BCUT2D eigenvalue weighted by atomic mass is 10.0. The normalized spacial score (nSPS) is 22.2. The number of phenolic OH excluding ortho intramolecular Hbond substituents is 1. The highest BCUT2D eigenvalue weighted by atomic mass is 35.5. The van der Waals surface area contributed by atoms with Crippen molar-refractivity contribution in [2.45, 2.75) is 5.38 Å². The highest BCUT2D eigenvalue weighted by Gasteiger charge is 2.33. The van der Waals surface area contributed by atoms with Crippen LogP contribution < -0.4 is 0 Å². The molecule has 4 nitrogen and oxygen atoms in total. The second kappa shape index (κ2) is 4.92. The number of hydrogen-bond donors (Lipinski definition) is 1. The van der Waals surface area contributed by atoms with E-state index in [1.807, 2.05) is 0 Å². The van der Waals surface area contributed by atoms with Crippen LogP contribution in [-0.4, -0.2) is 27.8 Å². The molecule has 0 bridgehead atoms. The van der Waals surface area contributed by atoms with Gasteiger partial charge in [-0.25, -0.2) is 4.99 Å². The number of halogens is 2. The average Bonchev–Trinajstić information content (AvgIpc) is 2.34. The largest absolute Gasteiger partial charge is 0.508 e. The Morgan fingerprint density at radius 3 is 2.39 bits per heavy atom. The van der Waals surface area contributed by atoms with Gasteiger partial charge in [0.25, 0.3) is 0 Å². The third-order valence-corrected chi connectivity index (χ3v) is 3.02. The quantitative estimate of drug-likeness (QED) is 0.805. The molecule has 1 atom stereocenters. The zero-order chi connectivity index (χ0) is 13.3. The van der Waals surface area contributed by atoms with Crippen molar-refractivity contribution in [1.29, 1.82) is 0 Å². The lowest BCUT2D eigenvalue weighted by Crippen LogP contribution is -2.34. The Hall–Kier alpha value is -1.65. The molecule has 1 N–H and O–H groups in total. The molecule has 2 rings (SSSR count). The number of alkyl halides is 1. The van der Waals surface area contributed by atoms with Gasteiger partial charge in [0.15, 0.2) is 5.78 Å². The highest BCUT2D eigenvalue weighted by molar-refractivity contribution is 6.67. The summed E-state index contributed by atoms with van der Waals surface area (Å²) in [6.07, 6.45) is 1.00. The molecule has 0 spiro atoms. The number of rotatable bonds is 1. The maximum absolute atomic E-state index is 11.7. The van der Waals surface area contributed by atoms with Crippen molar-refractivity contribution in [3.63, 3.8) is 0 Å². The number of aromatic hydroxyl groups is 1. The molecule has 0 aromatic heterocycles.